The van der Waals surface area contributed by atoms with Crippen molar-refractivity contribution in [2.45, 2.75) is 57.6 Å². The van der Waals surface area contributed by atoms with Gasteiger partial charge in [-0.3, -0.25) is 9.69 Å². The van der Waals surface area contributed by atoms with Crippen molar-refractivity contribution in [2.75, 3.05) is 19.6 Å². The second kappa shape index (κ2) is 8.32. The molecule has 1 aromatic rings. The van der Waals surface area contributed by atoms with E-state index in [4.69, 9.17) is 0 Å². The third-order valence-electron chi connectivity index (χ3n) is 5.95. The van der Waals surface area contributed by atoms with Crippen molar-refractivity contribution in [1.82, 2.24) is 19.8 Å². The highest BCUT2D eigenvalue weighted by Gasteiger charge is 2.29. The van der Waals surface area contributed by atoms with E-state index in [0.29, 0.717) is 12.6 Å². The second-order valence-corrected chi connectivity index (χ2v) is 7.98. The maximum atomic E-state index is 12.3. The number of nitrogens with one attached hydrogen (secondary N) is 1. The van der Waals surface area contributed by atoms with Crippen molar-refractivity contribution >= 4 is 5.91 Å². The Morgan fingerprint density at radius 2 is 1.96 bits per heavy atom. The van der Waals surface area contributed by atoms with Crippen molar-refractivity contribution in [1.29, 1.82) is 0 Å². The number of carbonyl (C=O) groups is 1. The maximum Gasteiger partial charge on any atom is 0.234 e. The largest absolute Gasteiger partial charge is 0.385 e. The van der Waals surface area contributed by atoms with Crippen LogP contribution in [0.25, 0.3) is 0 Å². The lowest BCUT2D eigenvalue weighted by molar-refractivity contribution is -0.123. The van der Waals surface area contributed by atoms with Crippen LogP contribution in [-0.2, 0) is 11.8 Å². The predicted octanol–water partition coefficient (Wildman–Crippen LogP) is 1.86. The first-order chi connectivity index (χ1) is 12.0. The van der Waals surface area contributed by atoms with Crippen LogP contribution in [0.5, 0.6) is 0 Å². The number of imidazole rings is 1. The van der Waals surface area contributed by atoms with Gasteiger partial charge < -0.3 is 15.0 Å². The van der Waals surface area contributed by atoms with Crippen LogP contribution in [0.1, 0.15) is 57.4 Å². The summed E-state index contributed by atoms with van der Waals surface area (Å²) in [4.78, 5) is 18.8. The van der Waals surface area contributed by atoms with Gasteiger partial charge in [0.1, 0.15) is 11.9 Å². The summed E-state index contributed by atoms with van der Waals surface area (Å²) in [6, 6.07) is 0.367. The van der Waals surface area contributed by atoms with Crippen LogP contribution < -0.4 is 5.32 Å². The van der Waals surface area contributed by atoms with Crippen molar-refractivity contribution in [2.24, 2.45) is 18.9 Å². The van der Waals surface area contributed by atoms with E-state index < -0.39 is 6.10 Å². The fourth-order valence-electron chi connectivity index (χ4n) is 4.18. The number of amides is 1. The molecule has 1 aromatic heterocycles. The van der Waals surface area contributed by atoms with Crippen LogP contribution in [-0.4, -0.2) is 51.1 Å². The zero-order valence-corrected chi connectivity index (χ0v) is 15.5. The van der Waals surface area contributed by atoms with Gasteiger partial charge in [0.05, 0.1) is 6.54 Å². The minimum atomic E-state index is -0.514. The topological polar surface area (TPSA) is 70.4 Å². The molecule has 2 fully saturated rings. The van der Waals surface area contributed by atoms with E-state index in [1.54, 1.807) is 6.20 Å². The van der Waals surface area contributed by atoms with E-state index in [1.165, 1.54) is 12.8 Å². The highest BCUT2D eigenvalue weighted by atomic mass is 16.3. The molecule has 1 aliphatic heterocycles. The van der Waals surface area contributed by atoms with Gasteiger partial charge in [-0.05, 0) is 63.5 Å². The molecular formula is C19H32N4O2. The van der Waals surface area contributed by atoms with Crippen molar-refractivity contribution in [3.8, 4) is 0 Å². The lowest BCUT2D eigenvalue weighted by Crippen LogP contribution is -2.45. The van der Waals surface area contributed by atoms with Gasteiger partial charge in [-0.15, -0.1) is 0 Å². The number of aromatic nitrogens is 2. The normalized spacial score (nSPS) is 27.2. The number of aliphatic hydroxyl groups is 1. The van der Waals surface area contributed by atoms with Crippen LogP contribution in [0.2, 0.25) is 0 Å². The van der Waals surface area contributed by atoms with Gasteiger partial charge in [0, 0.05) is 25.5 Å². The fourth-order valence-corrected chi connectivity index (χ4v) is 4.18. The van der Waals surface area contributed by atoms with Crippen LogP contribution in [0.15, 0.2) is 12.4 Å². The molecule has 2 N–H and O–H groups in total. The molecule has 25 heavy (non-hydrogen) atoms. The summed E-state index contributed by atoms with van der Waals surface area (Å²) < 4.78 is 1.88. The Kier molecular flexibility index (Phi) is 6.12. The third-order valence-corrected chi connectivity index (χ3v) is 5.95. The van der Waals surface area contributed by atoms with Crippen LogP contribution in [0, 0.1) is 11.8 Å². The summed E-state index contributed by atoms with van der Waals surface area (Å²) in [7, 11) is 1.91. The van der Waals surface area contributed by atoms with E-state index in [0.717, 1.165) is 50.5 Å². The molecule has 1 aliphatic carbocycles. The van der Waals surface area contributed by atoms with Crippen LogP contribution in [0.3, 0.4) is 0 Å². The summed E-state index contributed by atoms with van der Waals surface area (Å²) in [6.45, 7) is 4.50. The SMILES string of the molecule is CC1CCC(NC(=O)CN2CCC(C(O)c3nccn3C)CC2)CC1. The number of likely N-dealkylation sites (tertiary alicyclic amines) is 1. The Balaban J connectivity index is 1.40. The number of nitrogens with zero attached hydrogens (tertiary/aromatic N) is 3. The lowest BCUT2D eigenvalue weighted by Gasteiger charge is -2.34. The molecule has 1 saturated carbocycles. The molecule has 0 bridgehead atoms. The molecule has 1 saturated heterocycles. The number of aryl methyl sites for hydroxylation is 1. The maximum absolute atomic E-state index is 12.3. The standard InChI is InChI=1S/C19H32N4O2/c1-14-3-5-16(6-4-14)21-17(24)13-23-10-7-15(8-11-23)18(25)19-20-9-12-22(19)2/h9,12,14-16,18,25H,3-8,10-11,13H2,1-2H3,(H,21,24). The number of hydrogen-bond acceptors (Lipinski definition) is 4. The first kappa shape index (κ1) is 18.4. The molecule has 0 aromatic carbocycles. The number of hydrogen-bond donors (Lipinski definition) is 2. The number of carbonyl (C=O) groups excluding carboxylic acids is 1. The molecule has 140 valence electrons. The summed E-state index contributed by atoms with van der Waals surface area (Å²) in [5.41, 5.74) is 0. The van der Waals surface area contributed by atoms with Gasteiger partial charge in [-0.1, -0.05) is 6.92 Å². The van der Waals surface area contributed by atoms with E-state index in [-0.39, 0.29) is 11.8 Å². The highest BCUT2D eigenvalue weighted by Crippen LogP contribution is 2.29. The fraction of sp³-hybridized carbons (Fsp3) is 0.789. The molecule has 2 heterocycles. The molecule has 0 spiro atoms. The van der Waals surface area contributed by atoms with E-state index in [9.17, 15) is 9.90 Å². The molecule has 3 rings (SSSR count). The molecule has 6 heteroatoms. The second-order valence-electron chi connectivity index (χ2n) is 7.98. The van der Waals surface area contributed by atoms with Gasteiger partial charge in [0.15, 0.2) is 0 Å². The van der Waals surface area contributed by atoms with Crippen molar-refractivity contribution in [3.05, 3.63) is 18.2 Å². The highest BCUT2D eigenvalue weighted by molar-refractivity contribution is 5.78. The monoisotopic (exact) mass is 348 g/mol. The number of piperidine rings is 1. The smallest absolute Gasteiger partial charge is 0.234 e. The number of aliphatic hydroxyl groups excluding tert-OH is 1. The van der Waals surface area contributed by atoms with E-state index >= 15 is 0 Å². The molecule has 2 aliphatic rings. The van der Waals surface area contributed by atoms with Gasteiger partial charge in [-0.2, -0.15) is 0 Å². The van der Waals surface area contributed by atoms with Crippen molar-refractivity contribution < 1.29 is 9.90 Å². The Morgan fingerprint density at radius 3 is 2.56 bits per heavy atom. The Labute approximate surface area is 150 Å². The van der Waals surface area contributed by atoms with Gasteiger partial charge in [-0.25, -0.2) is 4.98 Å². The minimum absolute atomic E-state index is 0.155. The molecule has 1 atom stereocenters. The zero-order chi connectivity index (χ0) is 17.8. The van der Waals surface area contributed by atoms with Gasteiger partial charge in [0.2, 0.25) is 5.91 Å². The molecule has 1 unspecified atom stereocenters. The average Bonchev–Trinajstić information content (AvgIpc) is 3.03. The summed E-state index contributed by atoms with van der Waals surface area (Å²) in [5, 5.41) is 13.7. The first-order valence-electron chi connectivity index (χ1n) is 9.70. The van der Waals surface area contributed by atoms with Crippen LogP contribution >= 0.6 is 0 Å². The Bertz CT molecular complexity index is 558. The number of rotatable bonds is 5. The van der Waals surface area contributed by atoms with E-state index in [2.05, 4.69) is 22.1 Å². The predicted molar refractivity (Wildman–Crippen MR) is 96.9 cm³/mol. The molecular weight excluding hydrogens is 316 g/mol. The molecule has 6 nitrogen and oxygen atoms in total. The Morgan fingerprint density at radius 1 is 1.28 bits per heavy atom. The lowest BCUT2D eigenvalue weighted by atomic mass is 9.87. The Hall–Kier alpha value is -1.40. The quantitative estimate of drug-likeness (QED) is 0.852. The van der Waals surface area contributed by atoms with Crippen LogP contribution in [0.4, 0.5) is 0 Å². The van der Waals surface area contributed by atoms with Gasteiger partial charge in [0.25, 0.3) is 0 Å². The summed E-state index contributed by atoms with van der Waals surface area (Å²) in [6.07, 6.45) is 9.57. The molecule has 1 amide bonds. The van der Waals surface area contributed by atoms with Crippen molar-refractivity contribution in [3.63, 3.8) is 0 Å². The van der Waals surface area contributed by atoms with Gasteiger partial charge >= 0.3 is 0 Å². The van der Waals surface area contributed by atoms with E-state index in [1.807, 2.05) is 17.8 Å². The molecule has 0 radical (unpaired) electrons. The minimum Gasteiger partial charge on any atom is -0.385 e. The average molecular weight is 348 g/mol. The summed E-state index contributed by atoms with van der Waals surface area (Å²) in [5.74, 6) is 1.92. The first-order valence-corrected chi connectivity index (χ1v) is 9.70. The summed E-state index contributed by atoms with van der Waals surface area (Å²) >= 11 is 0. The third kappa shape index (κ3) is 4.82. The zero-order valence-electron chi connectivity index (χ0n) is 15.5.